The third-order valence-corrected chi connectivity index (χ3v) is 4.00. The molecule has 118 valence electrons. The third kappa shape index (κ3) is 3.72. The molecule has 1 atom stereocenters. The first-order valence-electron chi connectivity index (χ1n) is 7.84. The predicted octanol–water partition coefficient (Wildman–Crippen LogP) is 1.95. The number of hydrogen-bond acceptors (Lipinski definition) is 3. The van der Waals surface area contributed by atoms with Crippen LogP contribution in [0.5, 0.6) is 0 Å². The van der Waals surface area contributed by atoms with Gasteiger partial charge in [-0.3, -0.25) is 14.6 Å². The molecule has 0 N–H and O–H groups in total. The van der Waals surface area contributed by atoms with Crippen molar-refractivity contribution < 1.29 is 9.59 Å². The van der Waals surface area contributed by atoms with E-state index >= 15 is 0 Å². The second-order valence-corrected chi connectivity index (χ2v) is 5.32. The zero-order valence-electron chi connectivity index (χ0n) is 13.2. The van der Waals surface area contributed by atoms with Gasteiger partial charge in [-0.25, -0.2) is 0 Å². The monoisotopic (exact) mass is 301 g/mol. The molecule has 0 spiro atoms. The normalized spacial score (nSPS) is 17.9. The average molecular weight is 301 g/mol. The van der Waals surface area contributed by atoms with Crippen LogP contribution in [-0.4, -0.2) is 52.3 Å². The van der Waals surface area contributed by atoms with Crippen LogP contribution < -0.4 is 0 Å². The van der Waals surface area contributed by atoms with E-state index in [9.17, 15) is 9.59 Å². The fraction of sp³-hybridized carbons (Fsp3) is 0.471. The van der Waals surface area contributed by atoms with Crippen molar-refractivity contribution in [2.75, 3.05) is 19.6 Å². The fourth-order valence-corrected chi connectivity index (χ4v) is 2.77. The van der Waals surface area contributed by atoms with Crippen molar-refractivity contribution in [3.63, 3.8) is 0 Å². The number of rotatable bonds is 5. The second-order valence-electron chi connectivity index (χ2n) is 5.32. The average Bonchev–Trinajstić information content (AvgIpc) is 3.04. The summed E-state index contributed by atoms with van der Waals surface area (Å²) in [5, 5.41) is 0. The number of hydrogen-bond donors (Lipinski definition) is 0. The van der Waals surface area contributed by atoms with Crippen LogP contribution in [0.2, 0.25) is 0 Å². The lowest BCUT2D eigenvalue weighted by atomic mass is 10.2. The van der Waals surface area contributed by atoms with Gasteiger partial charge in [0.2, 0.25) is 11.8 Å². The van der Waals surface area contributed by atoms with Gasteiger partial charge in [0.15, 0.2) is 0 Å². The summed E-state index contributed by atoms with van der Waals surface area (Å²) >= 11 is 0. The maximum absolute atomic E-state index is 12.5. The van der Waals surface area contributed by atoms with Crippen LogP contribution in [0.1, 0.15) is 32.3 Å². The fourth-order valence-electron chi connectivity index (χ4n) is 2.77. The molecular formula is C17H23N3O2. The smallest absolute Gasteiger partial charge is 0.247 e. The molecule has 0 unspecified atom stereocenters. The first kappa shape index (κ1) is 16.2. The van der Waals surface area contributed by atoms with Crippen molar-refractivity contribution in [1.29, 1.82) is 0 Å². The Morgan fingerprint density at radius 3 is 2.82 bits per heavy atom. The van der Waals surface area contributed by atoms with E-state index in [0.29, 0.717) is 19.6 Å². The summed E-state index contributed by atoms with van der Waals surface area (Å²) in [6.07, 6.45) is 8.30. The molecule has 5 nitrogen and oxygen atoms in total. The summed E-state index contributed by atoms with van der Waals surface area (Å²) in [7, 11) is 0. The third-order valence-electron chi connectivity index (χ3n) is 4.00. The maximum Gasteiger partial charge on any atom is 0.247 e. The molecule has 1 saturated heterocycles. The Bertz CT molecular complexity index is 538. The molecule has 0 saturated carbocycles. The molecule has 1 aliphatic rings. The van der Waals surface area contributed by atoms with Crippen LogP contribution in [-0.2, 0) is 9.59 Å². The minimum Gasteiger partial charge on any atom is -0.341 e. The Kier molecular flexibility index (Phi) is 5.69. The molecule has 0 aliphatic carbocycles. The van der Waals surface area contributed by atoms with Gasteiger partial charge in [-0.15, -0.1) is 0 Å². The van der Waals surface area contributed by atoms with E-state index in [1.54, 1.807) is 28.3 Å². The van der Waals surface area contributed by atoms with Crippen LogP contribution in [0.4, 0.5) is 0 Å². The number of carbonyl (C=O) groups excluding carboxylic acids is 2. The molecule has 1 aromatic heterocycles. The van der Waals surface area contributed by atoms with Gasteiger partial charge < -0.3 is 9.80 Å². The number of amides is 2. The Morgan fingerprint density at radius 2 is 2.18 bits per heavy atom. The Hall–Kier alpha value is -2.17. The topological polar surface area (TPSA) is 53.5 Å². The van der Waals surface area contributed by atoms with Gasteiger partial charge in [-0.05, 0) is 44.4 Å². The summed E-state index contributed by atoms with van der Waals surface area (Å²) in [4.78, 5) is 32.4. The van der Waals surface area contributed by atoms with Crippen LogP contribution in [0.3, 0.4) is 0 Å². The van der Waals surface area contributed by atoms with Crippen molar-refractivity contribution in [3.8, 4) is 0 Å². The largest absolute Gasteiger partial charge is 0.341 e. The zero-order chi connectivity index (χ0) is 15.9. The highest BCUT2D eigenvalue weighted by Gasteiger charge is 2.34. The van der Waals surface area contributed by atoms with E-state index in [0.717, 1.165) is 18.4 Å². The summed E-state index contributed by atoms with van der Waals surface area (Å²) < 4.78 is 0. The van der Waals surface area contributed by atoms with Crippen LogP contribution >= 0.6 is 0 Å². The molecule has 2 heterocycles. The molecule has 5 heteroatoms. The van der Waals surface area contributed by atoms with Gasteiger partial charge in [0, 0.05) is 38.1 Å². The van der Waals surface area contributed by atoms with E-state index in [-0.39, 0.29) is 17.9 Å². The number of likely N-dealkylation sites (tertiary alicyclic amines) is 1. The highest BCUT2D eigenvalue weighted by Crippen LogP contribution is 2.20. The molecule has 0 radical (unpaired) electrons. The maximum atomic E-state index is 12.5. The molecule has 0 aromatic carbocycles. The Balaban J connectivity index is 2.05. The zero-order valence-corrected chi connectivity index (χ0v) is 13.2. The van der Waals surface area contributed by atoms with Crippen molar-refractivity contribution in [3.05, 3.63) is 36.2 Å². The number of aromatic nitrogens is 1. The van der Waals surface area contributed by atoms with E-state index in [4.69, 9.17) is 0 Å². The minimum absolute atomic E-state index is 0.0608. The quantitative estimate of drug-likeness (QED) is 0.781. The van der Waals surface area contributed by atoms with Crippen molar-refractivity contribution >= 4 is 17.9 Å². The molecular weight excluding hydrogens is 278 g/mol. The number of pyridine rings is 1. The van der Waals surface area contributed by atoms with Crippen LogP contribution in [0.15, 0.2) is 30.6 Å². The molecule has 1 aliphatic heterocycles. The van der Waals surface area contributed by atoms with Crippen molar-refractivity contribution in [2.45, 2.75) is 32.7 Å². The molecule has 0 bridgehead atoms. The Morgan fingerprint density at radius 1 is 1.41 bits per heavy atom. The lowest BCUT2D eigenvalue weighted by Crippen LogP contribution is -2.47. The molecule has 2 amide bonds. The second kappa shape index (κ2) is 7.73. The summed E-state index contributed by atoms with van der Waals surface area (Å²) in [5.41, 5.74) is 0.877. The summed E-state index contributed by atoms with van der Waals surface area (Å²) in [6.45, 7) is 5.93. The molecule has 1 aromatic rings. The lowest BCUT2D eigenvalue weighted by molar-refractivity contribution is -0.141. The Labute approximate surface area is 131 Å². The first-order chi connectivity index (χ1) is 10.7. The number of likely N-dealkylation sites (N-methyl/N-ethyl adjacent to an activating group) is 1. The van der Waals surface area contributed by atoms with Crippen molar-refractivity contribution in [2.24, 2.45) is 0 Å². The standard InChI is InChI=1S/C17H23N3O2/c1-3-19(4-2)17(22)15-8-6-12-20(15)16(21)10-9-14-7-5-11-18-13-14/h5,7,9-11,13,15H,3-4,6,8,12H2,1-2H3/b10-9+/t15-/m1/s1. The van der Waals surface area contributed by atoms with Gasteiger partial charge >= 0.3 is 0 Å². The SMILES string of the molecule is CCN(CC)C(=O)[C@H]1CCCN1C(=O)/C=C/c1cccnc1. The van der Waals surface area contributed by atoms with Gasteiger partial charge in [-0.1, -0.05) is 6.07 Å². The predicted molar refractivity (Wildman–Crippen MR) is 85.9 cm³/mol. The van der Waals surface area contributed by atoms with Crippen LogP contribution in [0, 0.1) is 0 Å². The van der Waals surface area contributed by atoms with Gasteiger partial charge in [0.25, 0.3) is 0 Å². The molecule has 2 rings (SSSR count). The summed E-state index contributed by atoms with van der Waals surface area (Å²) in [6, 6.07) is 3.40. The van der Waals surface area contributed by atoms with Gasteiger partial charge in [0.05, 0.1) is 0 Å². The van der Waals surface area contributed by atoms with Crippen LogP contribution in [0.25, 0.3) is 6.08 Å². The molecule has 1 fully saturated rings. The van der Waals surface area contributed by atoms with E-state index in [1.165, 1.54) is 6.08 Å². The van der Waals surface area contributed by atoms with Crippen molar-refractivity contribution in [1.82, 2.24) is 14.8 Å². The highest BCUT2D eigenvalue weighted by atomic mass is 16.2. The molecule has 22 heavy (non-hydrogen) atoms. The highest BCUT2D eigenvalue weighted by molar-refractivity contribution is 5.96. The van der Waals surface area contributed by atoms with E-state index < -0.39 is 0 Å². The van der Waals surface area contributed by atoms with Gasteiger partial charge in [0.1, 0.15) is 6.04 Å². The number of carbonyl (C=O) groups is 2. The number of nitrogens with zero attached hydrogens (tertiary/aromatic N) is 3. The van der Waals surface area contributed by atoms with E-state index in [2.05, 4.69) is 4.98 Å². The summed E-state index contributed by atoms with van der Waals surface area (Å²) in [5.74, 6) is -0.0440. The first-order valence-corrected chi connectivity index (χ1v) is 7.84. The lowest BCUT2D eigenvalue weighted by Gasteiger charge is -2.28. The minimum atomic E-state index is -0.314. The van der Waals surface area contributed by atoms with E-state index in [1.807, 2.05) is 26.0 Å². The van der Waals surface area contributed by atoms with Gasteiger partial charge in [-0.2, -0.15) is 0 Å².